The molecule has 0 atom stereocenters. The zero-order chi connectivity index (χ0) is 11.3. The molecule has 0 heterocycles. The van der Waals surface area contributed by atoms with Crippen LogP contribution in [0.2, 0.25) is 0 Å². The van der Waals surface area contributed by atoms with E-state index in [-0.39, 0.29) is 0 Å². The molecule has 3 nitrogen and oxygen atoms in total. The van der Waals surface area contributed by atoms with Gasteiger partial charge in [0.05, 0.1) is 18.5 Å². The van der Waals surface area contributed by atoms with Crippen LogP contribution in [0.3, 0.4) is 0 Å². The summed E-state index contributed by atoms with van der Waals surface area (Å²) in [4.78, 5) is 0. The summed E-state index contributed by atoms with van der Waals surface area (Å²) < 4.78 is 24.4. The summed E-state index contributed by atoms with van der Waals surface area (Å²) in [5.41, 5.74) is 0.693. The number of nitrogens with zero attached hydrogens (tertiary/aromatic N) is 1. The molecular formula is C11H15NO2S. The molecular weight excluding hydrogens is 210 g/mol. The van der Waals surface area contributed by atoms with Gasteiger partial charge < -0.3 is 0 Å². The van der Waals surface area contributed by atoms with E-state index in [2.05, 4.69) is 0 Å². The summed E-state index contributed by atoms with van der Waals surface area (Å²) in [5, 5.41) is 0. The van der Waals surface area contributed by atoms with E-state index in [0.717, 1.165) is 0 Å². The van der Waals surface area contributed by atoms with E-state index in [1.165, 1.54) is 10.6 Å². The third-order valence-corrected chi connectivity index (χ3v) is 3.11. The van der Waals surface area contributed by atoms with Crippen molar-refractivity contribution in [2.45, 2.75) is 6.92 Å². The lowest BCUT2D eigenvalue weighted by Gasteiger charge is -2.20. The minimum Gasteiger partial charge on any atom is -0.267 e. The summed E-state index contributed by atoms with van der Waals surface area (Å²) in [6.45, 7) is 2.24. The lowest BCUT2D eigenvalue weighted by molar-refractivity contribution is 0.598. The fraction of sp³-hybridized carbons (Fsp3) is 0.273. The van der Waals surface area contributed by atoms with Gasteiger partial charge in [-0.25, -0.2) is 8.42 Å². The van der Waals surface area contributed by atoms with E-state index in [1.807, 2.05) is 37.3 Å². The van der Waals surface area contributed by atoms with Gasteiger partial charge in [-0.2, -0.15) is 0 Å². The quantitative estimate of drug-likeness (QED) is 0.735. The number of sulfonamides is 1. The normalized spacial score (nSPS) is 11.9. The number of benzene rings is 1. The van der Waals surface area contributed by atoms with Crippen LogP contribution >= 0.6 is 0 Å². The van der Waals surface area contributed by atoms with Gasteiger partial charge in [0, 0.05) is 0 Å². The molecule has 0 N–H and O–H groups in total. The van der Waals surface area contributed by atoms with Crippen LogP contribution in [0.15, 0.2) is 42.5 Å². The number of hydrogen-bond acceptors (Lipinski definition) is 2. The Hall–Kier alpha value is -1.29. The van der Waals surface area contributed by atoms with Gasteiger partial charge in [-0.3, -0.25) is 4.31 Å². The van der Waals surface area contributed by atoms with Crippen molar-refractivity contribution in [1.29, 1.82) is 0 Å². The van der Waals surface area contributed by atoms with E-state index in [9.17, 15) is 8.42 Å². The zero-order valence-corrected chi connectivity index (χ0v) is 9.74. The topological polar surface area (TPSA) is 37.4 Å². The first-order valence-corrected chi connectivity index (χ1v) is 6.54. The lowest BCUT2D eigenvalue weighted by Crippen LogP contribution is -2.29. The molecule has 1 aromatic carbocycles. The standard InChI is InChI=1S/C11H15NO2S/c1-3-4-10-12(15(2,13)14)11-8-6-5-7-9-11/h3-9H,10H2,1-2H3/b4-3+. The van der Waals surface area contributed by atoms with Gasteiger partial charge in [0.1, 0.15) is 0 Å². The molecule has 15 heavy (non-hydrogen) atoms. The predicted molar refractivity (Wildman–Crippen MR) is 63.4 cm³/mol. The van der Waals surface area contributed by atoms with Crippen LogP contribution in [-0.2, 0) is 10.0 Å². The average Bonchev–Trinajstić information content (AvgIpc) is 2.18. The van der Waals surface area contributed by atoms with Gasteiger partial charge in [0.2, 0.25) is 10.0 Å². The van der Waals surface area contributed by atoms with Gasteiger partial charge in [0.25, 0.3) is 0 Å². The maximum Gasteiger partial charge on any atom is 0.232 e. The molecule has 0 aliphatic carbocycles. The number of anilines is 1. The first kappa shape index (κ1) is 11.8. The van der Waals surface area contributed by atoms with Gasteiger partial charge in [-0.1, -0.05) is 30.4 Å². The van der Waals surface area contributed by atoms with Crippen LogP contribution in [0.25, 0.3) is 0 Å². The molecule has 1 rings (SSSR count). The minimum absolute atomic E-state index is 0.374. The van der Waals surface area contributed by atoms with Gasteiger partial charge in [-0.15, -0.1) is 0 Å². The smallest absolute Gasteiger partial charge is 0.232 e. The molecule has 0 spiro atoms. The van der Waals surface area contributed by atoms with E-state index < -0.39 is 10.0 Å². The van der Waals surface area contributed by atoms with Gasteiger partial charge in [-0.05, 0) is 19.1 Å². The van der Waals surface area contributed by atoms with E-state index in [1.54, 1.807) is 12.1 Å². The van der Waals surface area contributed by atoms with Crippen molar-refractivity contribution in [2.24, 2.45) is 0 Å². The van der Waals surface area contributed by atoms with E-state index in [4.69, 9.17) is 0 Å². The largest absolute Gasteiger partial charge is 0.267 e. The third kappa shape index (κ3) is 3.40. The highest BCUT2D eigenvalue weighted by Gasteiger charge is 2.14. The molecule has 0 saturated carbocycles. The Kier molecular flexibility index (Phi) is 3.91. The lowest BCUT2D eigenvalue weighted by atomic mass is 10.3. The zero-order valence-electron chi connectivity index (χ0n) is 8.92. The summed E-state index contributed by atoms with van der Waals surface area (Å²) in [6, 6.07) is 9.07. The van der Waals surface area contributed by atoms with Crippen LogP contribution in [0, 0.1) is 0 Å². The molecule has 0 aliphatic heterocycles. The van der Waals surface area contributed by atoms with Crippen molar-refractivity contribution < 1.29 is 8.42 Å². The monoisotopic (exact) mass is 225 g/mol. The number of allylic oxidation sites excluding steroid dienone is 1. The fourth-order valence-corrected chi connectivity index (χ4v) is 2.09. The molecule has 0 fully saturated rings. The van der Waals surface area contributed by atoms with Crippen LogP contribution in [-0.4, -0.2) is 21.2 Å². The minimum atomic E-state index is -3.21. The summed E-state index contributed by atoms with van der Waals surface area (Å²) in [5.74, 6) is 0. The average molecular weight is 225 g/mol. The van der Waals surface area contributed by atoms with Crippen molar-refractivity contribution >= 4 is 15.7 Å². The van der Waals surface area contributed by atoms with Crippen molar-refractivity contribution in [3.8, 4) is 0 Å². The Morgan fingerprint density at radius 2 is 1.87 bits per heavy atom. The Morgan fingerprint density at radius 3 is 2.33 bits per heavy atom. The van der Waals surface area contributed by atoms with Crippen LogP contribution in [0.4, 0.5) is 5.69 Å². The Bertz CT molecular complexity index is 423. The fourth-order valence-electron chi connectivity index (χ4n) is 1.23. The molecule has 0 aromatic heterocycles. The van der Waals surface area contributed by atoms with Crippen LogP contribution in [0.1, 0.15) is 6.92 Å². The van der Waals surface area contributed by atoms with E-state index >= 15 is 0 Å². The maximum atomic E-state index is 11.5. The van der Waals surface area contributed by atoms with E-state index in [0.29, 0.717) is 12.2 Å². The van der Waals surface area contributed by atoms with Crippen LogP contribution in [0.5, 0.6) is 0 Å². The first-order valence-electron chi connectivity index (χ1n) is 4.69. The first-order chi connectivity index (χ1) is 7.05. The number of para-hydroxylation sites is 1. The Morgan fingerprint density at radius 1 is 1.27 bits per heavy atom. The van der Waals surface area contributed by atoms with Gasteiger partial charge >= 0.3 is 0 Å². The second-order valence-electron chi connectivity index (χ2n) is 3.20. The summed E-state index contributed by atoms with van der Waals surface area (Å²) in [6.07, 6.45) is 4.86. The molecule has 0 aliphatic rings. The number of hydrogen-bond donors (Lipinski definition) is 0. The summed E-state index contributed by atoms with van der Waals surface area (Å²) >= 11 is 0. The highest BCUT2D eigenvalue weighted by Crippen LogP contribution is 2.16. The molecule has 0 saturated heterocycles. The molecule has 0 radical (unpaired) electrons. The Labute approximate surface area is 91.1 Å². The SMILES string of the molecule is C/C=C/CN(c1ccccc1)S(C)(=O)=O. The highest BCUT2D eigenvalue weighted by molar-refractivity contribution is 7.92. The predicted octanol–water partition coefficient (Wildman–Crippen LogP) is 2.03. The molecule has 82 valence electrons. The second kappa shape index (κ2) is 4.98. The second-order valence-corrected chi connectivity index (χ2v) is 5.11. The summed E-state index contributed by atoms with van der Waals surface area (Å²) in [7, 11) is -3.21. The molecule has 0 unspecified atom stereocenters. The highest BCUT2D eigenvalue weighted by atomic mass is 32.2. The van der Waals surface area contributed by atoms with Crippen molar-refractivity contribution in [3.05, 3.63) is 42.5 Å². The number of rotatable bonds is 4. The molecule has 0 amide bonds. The molecule has 4 heteroatoms. The van der Waals surface area contributed by atoms with Crippen molar-refractivity contribution in [3.63, 3.8) is 0 Å². The van der Waals surface area contributed by atoms with Crippen molar-refractivity contribution in [2.75, 3.05) is 17.1 Å². The molecule has 0 bridgehead atoms. The van der Waals surface area contributed by atoms with Crippen LogP contribution < -0.4 is 4.31 Å². The van der Waals surface area contributed by atoms with Crippen molar-refractivity contribution in [1.82, 2.24) is 0 Å². The maximum absolute atomic E-state index is 11.5. The third-order valence-electron chi connectivity index (χ3n) is 1.95. The van der Waals surface area contributed by atoms with Gasteiger partial charge in [0.15, 0.2) is 0 Å². The Balaban J connectivity index is 3.02. The molecule has 1 aromatic rings.